The molecule has 100 valence electrons. The molecule has 2 atom stereocenters. The van der Waals surface area contributed by atoms with Crippen molar-refractivity contribution in [1.29, 1.82) is 0 Å². The van der Waals surface area contributed by atoms with Gasteiger partial charge in [-0.25, -0.2) is 0 Å². The number of likely N-dealkylation sites (tertiary alicyclic amines) is 1. The zero-order valence-electron chi connectivity index (χ0n) is 11.4. The Morgan fingerprint density at radius 3 is 2.89 bits per heavy atom. The van der Waals surface area contributed by atoms with Crippen molar-refractivity contribution in [1.82, 2.24) is 4.90 Å². The highest BCUT2D eigenvalue weighted by molar-refractivity contribution is 5.36. The molecule has 1 fully saturated rings. The Balaban J connectivity index is 2.21. The molecule has 0 amide bonds. The number of para-hydroxylation sites is 1. The van der Waals surface area contributed by atoms with Crippen molar-refractivity contribution < 1.29 is 4.74 Å². The molecule has 0 aromatic heterocycles. The fourth-order valence-corrected chi connectivity index (χ4v) is 2.92. The summed E-state index contributed by atoms with van der Waals surface area (Å²) >= 11 is 0. The van der Waals surface area contributed by atoms with Gasteiger partial charge in [0.25, 0.3) is 0 Å². The van der Waals surface area contributed by atoms with E-state index in [1.807, 2.05) is 12.1 Å². The average molecular weight is 248 g/mol. The lowest BCUT2D eigenvalue weighted by Crippen LogP contribution is -2.40. The van der Waals surface area contributed by atoms with Crippen LogP contribution in [0.3, 0.4) is 0 Å². The van der Waals surface area contributed by atoms with Crippen LogP contribution >= 0.6 is 0 Å². The number of piperidine rings is 1. The molecular weight excluding hydrogens is 224 g/mol. The van der Waals surface area contributed by atoms with Gasteiger partial charge in [0.2, 0.25) is 0 Å². The third-order valence-electron chi connectivity index (χ3n) is 3.85. The number of benzene rings is 1. The van der Waals surface area contributed by atoms with Crippen molar-refractivity contribution in [3.63, 3.8) is 0 Å². The summed E-state index contributed by atoms with van der Waals surface area (Å²) in [4.78, 5) is 2.51. The highest BCUT2D eigenvalue weighted by Crippen LogP contribution is 2.31. The van der Waals surface area contributed by atoms with Crippen molar-refractivity contribution in [3.05, 3.63) is 29.8 Å². The first-order valence-corrected chi connectivity index (χ1v) is 6.83. The smallest absolute Gasteiger partial charge is 0.123 e. The van der Waals surface area contributed by atoms with Crippen LogP contribution in [-0.4, -0.2) is 31.6 Å². The third kappa shape index (κ3) is 2.85. The van der Waals surface area contributed by atoms with Crippen molar-refractivity contribution in [2.75, 3.05) is 26.7 Å². The number of nitrogens with two attached hydrogens (primary N) is 1. The Morgan fingerprint density at radius 2 is 2.22 bits per heavy atom. The lowest BCUT2D eigenvalue weighted by molar-refractivity contribution is 0.131. The second-order valence-electron chi connectivity index (χ2n) is 5.24. The van der Waals surface area contributed by atoms with E-state index in [4.69, 9.17) is 10.5 Å². The van der Waals surface area contributed by atoms with Gasteiger partial charge in [-0.3, -0.25) is 4.90 Å². The Kier molecular flexibility index (Phi) is 4.61. The Morgan fingerprint density at radius 1 is 1.44 bits per heavy atom. The quantitative estimate of drug-likeness (QED) is 0.889. The molecule has 1 aliphatic heterocycles. The number of nitrogens with zero attached hydrogens (tertiary/aromatic N) is 1. The monoisotopic (exact) mass is 248 g/mol. The maximum absolute atomic E-state index is 6.01. The Bertz CT molecular complexity index is 381. The molecule has 3 nitrogen and oxygen atoms in total. The zero-order chi connectivity index (χ0) is 13.0. The maximum Gasteiger partial charge on any atom is 0.123 e. The van der Waals surface area contributed by atoms with Crippen LogP contribution in [0.25, 0.3) is 0 Å². The predicted molar refractivity (Wildman–Crippen MR) is 74.8 cm³/mol. The molecule has 1 aromatic carbocycles. The van der Waals surface area contributed by atoms with E-state index in [1.54, 1.807) is 7.11 Å². The van der Waals surface area contributed by atoms with E-state index in [-0.39, 0.29) is 6.04 Å². The number of methoxy groups -OCH3 is 1. The fourth-order valence-electron chi connectivity index (χ4n) is 2.92. The molecule has 2 rings (SSSR count). The normalized spacial score (nSPS) is 22.7. The zero-order valence-corrected chi connectivity index (χ0v) is 11.4. The first-order valence-electron chi connectivity index (χ1n) is 6.83. The standard InChI is InChI=1S/C15H24N2O/c1-12-6-5-9-17(11-12)14(10-16)13-7-3-4-8-15(13)18-2/h3-4,7-8,12,14H,5-6,9-11,16H2,1-2H3/t12-,14+/m1/s1. The summed E-state index contributed by atoms with van der Waals surface area (Å²) in [6.07, 6.45) is 2.60. The van der Waals surface area contributed by atoms with Gasteiger partial charge in [-0.2, -0.15) is 0 Å². The van der Waals surface area contributed by atoms with E-state index in [0.717, 1.165) is 24.8 Å². The van der Waals surface area contributed by atoms with Gasteiger partial charge in [-0.1, -0.05) is 25.1 Å². The van der Waals surface area contributed by atoms with E-state index in [0.29, 0.717) is 6.54 Å². The van der Waals surface area contributed by atoms with E-state index < -0.39 is 0 Å². The minimum Gasteiger partial charge on any atom is -0.496 e. The van der Waals surface area contributed by atoms with Gasteiger partial charge in [0.1, 0.15) is 5.75 Å². The molecular formula is C15H24N2O. The van der Waals surface area contributed by atoms with Gasteiger partial charge < -0.3 is 10.5 Å². The van der Waals surface area contributed by atoms with Crippen molar-refractivity contribution >= 4 is 0 Å². The summed E-state index contributed by atoms with van der Waals surface area (Å²) in [5.74, 6) is 1.72. The van der Waals surface area contributed by atoms with E-state index >= 15 is 0 Å². The van der Waals surface area contributed by atoms with Gasteiger partial charge in [0.05, 0.1) is 13.2 Å². The van der Waals surface area contributed by atoms with Crippen molar-refractivity contribution in [3.8, 4) is 5.75 Å². The molecule has 1 heterocycles. The second kappa shape index (κ2) is 6.21. The van der Waals surface area contributed by atoms with Crippen LogP contribution in [0.5, 0.6) is 5.75 Å². The SMILES string of the molecule is COc1ccccc1[C@H](CN)N1CCC[C@@H](C)C1. The summed E-state index contributed by atoms with van der Waals surface area (Å²) < 4.78 is 5.46. The van der Waals surface area contributed by atoms with Crippen LogP contribution < -0.4 is 10.5 Å². The summed E-state index contributed by atoms with van der Waals surface area (Å²) in [6.45, 7) is 5.25. The van der Waals surface area contributed by atoms with Crippen LogP contribution in [0.15, 0.2) is 24.3 Å². The number of hydrogen-bond donors (Lipinski definition) is 1. The average Bonchev–Trinajstić information content (AvgIpc) is 2.40. The van der Waals surface area contributed by atoms with E-state index in [2.05, 4.69) is 24.0 Å². The van der Waals surface area contributed by atoms with Crippen molar-refractivity contribution in [2.24, 2.45) is 11.7 Å². The third-order valence-corrected chi connectivity index (χ3v) is 3.85. The molecule has 0 spiro atoms. The van der Waals surface area contributed by atoms with Gasteiger partial charge in [0, 0.05) is 18.7 Å². The molecule has 2 N–H and O–H groups in total. The number of hydrogen-bond acceptors (Lipinski definition) is 3. The highest BCUT2D eigenvalue weighted by atomic mass is 16.5. The van der Waals surface area contributed by atoms with E-state index in [1.165, 1.54) is 18.4 Å². The summed E-state index contributed by atoms with van der Waals surface area (Å²) in [6, 6.07) is 8.51. The largest absolute Gasteiger partial charge is 0.496 e. The van der Waals surface area contributed by atoms with Gasteiger partial charge in [-0.05, 0) is 31.4 Å². The Labute approximate surface area is 110 Å². The molecule has 0 aliphatic carbocycles. The van der Waals surface area contributed by atoms with Crippen LogP contribution in [0.4, 0.5) is 0 Å². The lowest BCUT2D eigenvalue weighted by Gasteiger charge is -2.37. The first kappa shape index (κ1) is 13.4. The summed E-state index contributed by atoms with van der Waals surface area (Å²) in [5.41, 5.74) is 7.23. The molecule has 0 unspecified atom stereocenters. The van der Waals surface area contributed by atoms with Crippen LogP contribution in [0.2, 0.25) is 0 Å². The maximum atomic E-state index is 6.01. The molecule has 0 bridgehead atoms. The molecule has 3 heteroatoms. The van der Waals surface area contributed by atoms with E-state index in [9.17, 15) is 0 Å². The van der Waals surface area contributed by atoms with Crippen LogP contribution in [-0.2, 0) is 0 Å². The first-order chi connectivity index (χ1) is 8.76. The second-order valence-corrected chi connectivity index (χ2v) is 5.24. The topological polar surface area (TPSA) is 38.5 Å². The van der Waals surface area contributed by atoms with Crippen LogP contribution in [0, 0.1) is 5.92 Å². The predicted octanol–water partition coefficient (Wildman–Crippen LogP) is 2.43. The molecule has 1 saturated heterocycles. The molecule has 1 aromatic rings. The van der Waals surface area contributed by atoms with Gasteiger partial charge in [-0.15, -0.1) is 0 Å². The van der Waals surface area contributed by atoms with Crippen molar-refractivity contribution in [2.45, 2.75) is 25.8 Å². The molecule has 0 saturated carbocycles. The Hall–Kier alpha value is -1.06. The molecule has 0 radical (unpaired) electrons. The molecule has 18 heavy (non-hydrogen) atoms. The summed E-state index contributed by atoms with van der Waals surface area (Å²) in [5, 5.41) is 0. The minimum atomic E-state index is 0.281. The summed E-state index contributed by atoms with van der Waals surface area (Å²) in [7, 11) is 1.73. The van der Waals surface area contributed by atoms with Gasteiger partial charge in [0.15, 0.2) is 0 Å². The minimum absolute atomic E-state index is 0.281. The van der Waals surface area contributed by atoms with Crippen LogP contribution in [0.1, 0.15) is 31.4 Å². The lowest BCUT2D eigenvalue weighted by atomic mass is 9.96. The fraction of sp³-hybridized carbons (Fsp3) is 0.600. The number of ether oxygens (including phenoxy) is 1. The number of rotatable bonds is 4. The highest BCUT2D eigenvalue weighted by Gasteiger charge is 2.25. The molecule has 1 aliphatic rings. The van der Waals surface area contributed by atoms with Gasteiger partial charge >= 0.3 is 0 Å².